The molecule has 1 heterocycles. The van der Waals surface area contributed by atoms with Crippen molar-refractivity contribution in [3.8, 4) is 0 Å². The fraction of sp³-hybridized carbons (Fsp3) is 0.545. The standard InChI is InChI=1S/C11H19N5O/c1-8(10(17)13-2)7-16(3)11-14-5-4-9(6-12)15-11/h4-5,8H,6-7,12H2,1-3H3,(H,13,17). The lowest BCUT2D eigenvalue weighted by molar-refractivity contribution is -0.123. The van der Waals surface area contributed by atoms with Gasteiger partial charge in [0, 0.05) is 33.4 Å². The van der Waals surface area contributed by atoms with Crippen LogP contribution in [0, 0.1) is 5.92 Å². The van der Waals surface area contributed by atoms with Gasteiger partial charge < -0.3 is 16.0 Å². The molecule has 0 radical (unpaired) electrons. The second kappa shape index (κ2) is 6.15. The maximum atomic E-state index is 11.4. The minimum atomic E-state index is -0.116. The molecule has 0 fully saturated rings. The number of nitrogens with two attached hydrogens (primary N) is 1. The van der Waals surface area contributed by atoms with Crippen molar-refractivity contribution in [3.05, 3.63) is 18.0 Å². The highest BCUT2D eigenvalue weighted by Gasteiger charge is 2.15. The number of amides is 1. The number of hydrogen-bond acceptors (Lipinski definition) is 5. The smallest absolute Gasteiger partial charge is 0.225 e. The molecule has 6 heteroatoms. The Morgan fingerprint density at radius 1 is 1.65 bits per heavy atom. The Kier molecular flexibility index (Phi) is 4.84. The lowest BCUT2D eigenvalue weighted by Crippen LogP contribution is -2.35. The molecular formula is C11H19N5O. The van der Waals surface area contributed by atoms with Crippen LogP contribution < -0.4 is 16.0 Å². The van der Waals surface area contributed by atoms with Crippen LogP contribution in [0.2, 0.25) is 0 Å². The third-order valence-electron chi connectivity index (χ3n) is 2.49. The minimum Gasteiger partial charge on any atom is -0.359 e. The van der Waals surface area contributed by atoms with Crippen molar-refractivity contribution in [3.63, 3.8) is 0 Å². The third-order valence-corrected chi connectivity index (χ3v) is 2.49. The molecule has 1 amide bonds. The Bertz CT molecular complexity index is 382. The van der Waals surface area contributed by atoms with E-state index in [2.05, 4.69) is 15.3 Å². The second-order valence-electron chi connectivity index (χ2n) is 3.95. The fourth-order valence-corrected chi connectivity index (χ4v) is 1.50. The molecule has 0 aliphatic carbocycles. The highest BCUT2D eigenvalue weighted by Crippen LogP contribution is 2.08. The highest BCUT2D eigenvalue weighted by atomic mass is 16.1. The number of carbonyl (C=O) groups excluding carboxylic acids is 1. The number of carbonyl (C=O) groups is 1. The summed E-state index contributed by atoms with van der Waals surface area (Å²) in [6, 6.07) is 1.78. The fourth-order valence-electron chi connectivity index (χ4n) is 1.50. The summed E-state index contributed by atoms with van der Waals surface area (Å²) in [5.74, 6) is 0.477. The Morgan fingerprint density at radius 2 is 2.35 bits per heavy atom. The van der Waals surface area contributed by atoms with Crippen molar-refractivity contribution in [2.24, 2.45) is 11.7 Å². The van der Waals surface area contributed by atoms with E-state index in [4.69, 9.17) is 5.73 Å². The molecule has 0 aromatic carbocycles. The Labute approximate surface area is 101 Å². The van der Waals surface area contributed by atoms with E-state index in [1.54, 1.807) is 19.3 Å². The van der Waals surface area contributed by atoms with Crippen molar-refractivity contribution < 1.29 is 4.79 Å². The lowest BCUT2D eigenvalue weighted by Gasteiger charge is -2.20. The van der Waals surface area contributed by atoms with Gasteiger partial charge in [0.1, 0.15) is 0 Å². The van der Waals surface area contributed by atoms with Gasteiger partial charge in [-0.1, -0.05) is 6.92 Å². The molecule has 1 unspecified atom stereocenters. The molecule has 0 spiro atoms. The summed E-state index contributed by atoms with van der Waals surface area (Å²) in [4.78, 5) is 21.7. The van der Waals surface area contributed by atoms with E-state index in [0.717, 1.165) is 5.69 Å². The van der Waals surface area contributed by atoms with Crippen LogP contribution >= 0.6 is 0 Å². The van der Waals surface area contributed by atoms with Gasteiger partial charge in [-0.3, -0.25) is 4.79 Å². The number of anilines is 1. The average Bonchev–Trinajstić information content (AvgIpc) is 2.37. The van der Waals surface area contributed by atoms with Gasteiger partial charge in [0.15, 0.2) is 0 Å². The summed E-state index contributed by atoms with van der Waals surface area (Å²) in [6.45, 7) is 2.81. The van der Waals surface area contributed by atoms with Gasteiger partial charge in [-0.2, -0.15) is 0 Å². The average molecular weight is 237 g/mol. The van der Waals surface area contributed by atoms with Crippen molar-refractivity contribution in [2.45, 2.75) is 13.5 Å². The van der Waals surface area contributed by atoms with E-state index in [1.807, 2.05) is 18.9 Å². The molecule has 0 aliphatic rings. The zero-order valence-electron chi connectivity index (χ0n) is 10.5. The van der Waals surface area contributed by atoms with Crippen molar-refractivity contribution >= 4 is 11.9 Å². The summed E-state index contributed by atoms with van der Waals surface area (Å²) in [7, 11) is 3.49. The molecule has 6 nitrogen and oxygen atoms in total. The summed E-state index contributed by atoms with van der Waals surface area (Å²) in [6.07, 6.45) is 1.67. The van der Waals surface area contributed by atoms with Crippen LogP contribution in [0.1, 0.15) is 12.6 Å². The van der Waals surface area contributed by atoms with Crippen LogP contribution in [0.3, 0.4) is 0 Å². The van der Waals surface area contributed by atoms with E-state index in [9.17, 15) is 4.79 Å². The van der Waals surface area contributed by atoms with E-state index in [-0.39, 0.29) is 11.8 Å². The highest BCUT2D eigenvalue weighted by molar-refractivity contribution is 5.78. The Balaban J connectivity index is 2.68. The maximum absolute atomic E-state index is 11.4. The summed E-state index contributed by atoms with van der Waals surface area (Å²) in [5, 5.41) is 2.62. The number of nitrogens with one attached hydrogen (secondary N) is 1. The van der Waals surface area contributed by atoms with E-state index in [0.29, 0.717) is 19.0 Å². The number of nitrogens with zero attached hydrogens (tertiary/aromatic N) is 3. The quantitative estimate of drug-likeness (QED) is 0.738. The van der Waals surface area contributed by atoms with Crippen LogP contribution in [0.5, 0.6) is 0 Å². The first kappa shape index (κ1) is 13.4. The lowest BCUT2D eigenvalue weighted by atomic mass is 10.1. The molecule has 0 aliphatic heterocycles. The zero-order chi connectivity index (χ0) is 12.8. The van der Waals surface area contributed by atoms with E-state index in [1.165, 1.54) is 0 Å². The van der Waals surface area contributed by atoms with Crippen LogP contribution in [0.15, 0.2) is 12.3 Å². The van der Waals surface area contributed by atoms with Gasteiger partial charge in [-0.15, -0.1) is 0 Å². The second-order valence-corrected chi connectivity index (χ2v) is 3.95. The van der Waals surface area contributed by atoms with Crippen molar-refractivity contribution in [1.29, 1.82) is 0 Å². The largest absolute Gasteiger partial charge is 0.359 e. The van der Waals surface area contributed by atoms with Crippen LogP contribution in [0.25, 0.3) is 0 Å². The van der Waals surface area contributed by atoms with Gasteiger partial charge in [-0.25, -0.2) is 9.97 Å². The number of aromatic nitrogens is 2. The van der Waals surface area contributed by atoms with Crippen molar-refractivity contribution in [2.75, 3.05) is 25.5 Å². The number of hydrogen-bond donors (Lipinski definition) is 2. The van der Waals surface area contributed by atoms with E-state index >= 15 is 0 Å². The molecule has 0 bridgehead atoms. The molecule has 17 heavy (non-hydrogen) atoms. The molecule has 94 valence electrons. The Hall–Kier alpha value is -1.69. The minimum absolute atomic E-state index is 0.00632. The molecule has 1 aromatic heterocycles. The van der Waals surface area contributed by atoms with Crippen LogP contribution in [0.4, 0.5) is 5.95 Å². The molecule has 1 atom stereocenters. The normalized spacial score (nSPS) is 12.0. The van der Waals surface area contributed by atoms with Gasteiger partial charge in [0.05, 0.1) is 11.6 Å². The molecule has 0 saturated heterocycles. The third kappa shape index (κ3) is 3.67. The van der Waals surface area contributed by atoms with Gasteiger partial charge in [-0.05, 0) is 6.07 Å². The molecule has 1 aromatic rings. The van der Waals surface area contributed by atoms with E-state index < -0.39 is 0 Å². The zero-order valence-corrected chi connectivity index (χ0v) is 10.5. The summed E-state index contributed by atoms with van der Waals surface area (Å²) >= 11 is 0. The van der Waals surface area contributed by atoms with Crippen LogP contribution in [-0.4, -0.2) is 36.5 Å². The maximum Gasteiger partial charge on any atom is 0.225 e. The van der Waals surface area contributed by atoms with Crippen LogP contribution in [-0.2, 0) is 11.3 Å². The first-order valence-electron chi connectivity index (χ1n) is 5.53. The Morgan fingerprint density at radius 3 is 2.94 bits per heavy atom. The summed E-state index contributed by atoms with van der Waals surface area (Å²) < 4.78 is 0. The van der Waals surface area contributed by atoms with Gasteiger partial charge in [0.25, 0.3) is 0 Å². The van der Waals surface area contributed by atoms with Gasteiger partial charge >= 0.3 is 0 Å². The monoisotopic (exact) mass is 237 g/mol. The molecule has 0 saturated carbocycles. The topological polar surface area (TPSA) is 84.1 Å². The molecular weight excluding hydrogens is 218 g/mol. The SMILES string of the molecule is CNC(=O)C(C)CN(C)c1nccc(CN)n1. The molecule has 1 rings (SSSR count). The summed E-state index contributed by atoms with van der Waals surface area (Å²) in [5.41, 5.74) is 6.30. The number of rotatable bonds is 5. The first-order chi connectivity index (χ1) is 8.08. The van der Waals surface area contributed by atoms with Crippen molar-refractivity contribution in [1.82, 2.24) is 15.3 Å². The first-order valence-corrected chi connectivity index (χ1v) is 5.53. The van der Waals surface area contributed by atoms with Gasteiger partial charge in [0.2, 0.25) is 11.9 Å². The predicted octanol–water partition coefficient (Wildman–Crippen LogP) is -0.246. The molecule has 3 N–H and O–H groups in total. The predicted molar refractivity (Wildman–Crippen MR) is 66.4 cm³/mol.